The molecule has 9 heteroatoms. The zero-order valence-electron chi connectivity index (χ0n) is 21.9. The Labute approximate surface area is 221 Å². The van der Waals surface area contributed by atoms with Gasteiger partial charge in [-0.05, 0) is 93.4 Å². The van der Waals surface area contributed by atoms with Gasteiger partial charge in [0.1, 0.15) is 17.1 Å². The lowest BCUT2D eigenvalue weighted by atomic mass is 9.86. The van der Waals surface area contributed by atoms with Crippen LogP contribution in [0.3, 0.4) is 0 Å². The van der Waals surface area contributed by atoms with Crippen LogP contribution in [-0.2, 0) is 4.79 Å². The summed E-state index contributed by atoms with van der Waals surface area (Å²) in [6.45, 7) is 7.83. The number of piperidine rings is 1. The van der Waals surface area contributed by atoms with Crippen molar-refractivity contribution in [1.29, 1.82) is 0 Å². The molecule has 4 aromatic rings. The molecule has 2 aromatic carbocycles. The van der Waals surface area contributed by atoms with Gasteiger partial charge in [0.25, 0.3) is 0 Å². The van der Waals surface area contributed by atoms with Crippen LogP contribution >= 0.6 is 0 Å². The second-order valence-electron chi connectivity index (χ2n) is 9.53. The van der Waals surface area contributed by atoms with E-state index in [2.05, 4.69) is 63.2 Å². The largest absolute Gasteiger partial charge is 0.495 e. The summed E-state index contributed by atoms with van der Waals surface area (Å²) in [6, 6.07) is 13.2. The molecule has 1 saturated heterocycles. The number of methoxy groups -OCH3 is 1. The topological polar surface area (TPSA) is 104 Å². The number of aromatic amines is 1. The lowest BCUT2D eigenvalue weighted by Gasteiger charge is -2.30. The molecule has 0 saturated carbocycles. The van der Waals surface area contributed by atoms with E-state index in [1.807, 2.05) is 6.07 Å². The van der Waals surface area contributed by atoms with Gasteiger partial charge in [0.05, 0.1) is 18.2 Å². The van der Waals surface area contributed by atoms with Crippen LogP contribution in [0.2, 0.25) is 0 Å². The molecule has 38 heavy (non-hydrogen) atoms. The van der Waals surface area contributed by atoms with E-state index in [1.165, 1.54) is 17.2 Å². The second-order valence-corrected chi connectivity index (χ2v) is 9.53. The molecule has 3 heterocycles. The first-order chi connectivity index (χ1) is 18.4. The molecular formula is C29H32N6O3. The van der Waals surface area contributed by atoms with E-state index in [4.69, 9.17) is 9.47 Å². The maximum atomic E-state index is 11.7. The normalized spacial score (nSPS) is 14.3. The quantitative estimate of drug-likeness (QED) is 0.258. The molecular weight excluding hydrogens is 480 g/mol. The molecule has 1 amide bonds. The average Bonchev–Trinajstić information content (AvgIpc) is 3.39. The number of H-pyrrole nitrogens is 1. The van der Waals surface area contributed by atoms with Crippen molar-refractivity contribution in [3.63, 3.8) is 0 Å². The Morgan fingerprint density at radius 3 is 2.76 bits per heavy atom. The molecule has 0 bridgehead atoms. The van der Waals surface area contributed by atoms with Crippen molar-refractivity contribution in [3.05, 3.63) is 72.4 Å². The van der Waals surface area contributed by atoms with Gasteiger partial charge in [0, 0.05) is 18.0 Å². The van der Waals surface area contributed by atoms with Gasteiger partial charge in [0.15, 0.2) is 0 Å². The van der Waals surface area contributed by atoms with Gasteiger partial charge in [-0.3, -0.25) is 4.79 Å². The van der Waals surface area contributed by atoms with Crippen LogP contribution in [0.1, 0.15) is 29.9 Å². The van der Waals surface area contributed by atoms with Crippen LogP contribution in [0.4, 0.5) is 17.3 Å². The number of nitrogens with one attached hydrogen (secondary N) is 3. The van der Waals surface area contributed by atoms with Crippen LogP contribution < -0.4 is 20.1 Å². The number of amides is 1. The molecule has 1 aliphatic heterocycles. The smallest absolute Gasteiger partial charge is 0.247 e. The lowest BCUT2D eigenvalue weighted by Crippen LogP contribution is -2.29. The van der Waals surface area contributed by atoms with E-state index in [9.17, 15) is 4.79 Å². The third-order valence-corrected chi connectivity index (χ3v) is 6.88. The van der Waals surface area contributed by atoms with Crippen molar-refractivity contribution in [2.24, 2.45) is 0 Å². The van der Waals surface area contributed by atoms with E-state index in [1.54, 1.807) is 37.6 Å². The van der Waals surface area contributed by atoms with E-state index in [-0.39, 0.29) is 5.91 Å². The highest BCUT2D eigenvalue weighted by atomic mass is 16.5. The number of benzene rings is 2. The second kappa shape index (κ2) is 10.9. The fourth-order valence-electron chi connectivity index (χ4n) is 4.84. The molecule has 5 rings (SSSR count). The van der Waals surface area contributed by atoms with Crippen molar-refractivity contribution in [2.45, 2.75) is 25.7 Å². The lowest BCUT2D eigenvalue weighted by molar-refractivity contribution is -0.111. The first-order valence-electron chi connectivity index (χ1n) is 12.6. The number of fused-ring (bicyclic) bond motifs is 1. The number of aryl methyl sites for hydroxylation is 1. The molecule has 9 nitrogen and oxygen atoms in total. The van der Waals surface area contributed by atoms with Gasteiger partial charge >= 0.3 is 0 Å². The van der Waals surface area contributed by atoms with Crippen LogP contribution in [0.15, 0.2) is 61.3 Å². The van der Waals surface area contributed by atoms with E-state index >= 15 is 0 Å². The fraction of sp³-hybridized carbons (Fsp3) is 0.276. The standard InChI is InChI=1S/C29H32N6O3/c1-5-26(36)31-20-7-6-8-21(16-20)38-28-22-9-12-30-27(22)33-29(34-28)32-24-15-18(2)23(17-25(24)37-4)19-10-13-35(3)14-11-19/h5-9,12,15-17,19H,1,10-11,13-14H2,2-4H3,(H,31,36)(H2,30,32,33,34). The van der Waals surface area contributed by atoms with E-state index < -0.39 is 0 Å². The SMILES string of the molecule is C=CC(=O)Nc1cccc(Oc2nc(Nc3cc(C)c(C4CCN(C)CC4)cc3OC)nc3[nH]ccc23)c1. The summed E-state index contributed by atoms with van der Waals surface area (Å²) in [4.78, 5) is 26.5. The Hall–Kier alpha value is -4.37. The summed E-state index contributed by atoms with van der Waals surface area (Å²) in [5.41, 5.74) is 4.54. The summed E-state index contributed by atoms with van der Waals surface area (Å²) in [7, 11) is 3.85. The number of carbonyl (C=O) groups is 1. The van der Waals surface area contributed by atoms with E-state index in [0.29, 0.717) is 34.8 Å². The average molecular weight is 513 g/mol. The predicted octanol–water partition coefficient (Wildman–Crippen LogP) is 5.74. The fourth-order valence-corrected chi connectivity index (χ4v) is 4.84. The van der Waals surface area contributed by atoms with Crippen LogP contribution in [-0.4, -0.2) is 53.0 Å². The highest BCUT2D eigenvalue weighted by Gasteiger charge is 2.22. The number of hydrogen-bond donors (Lipinski definition) is 3. The molecule has 1 fully saturated rings. The van der Waals surface area contributed by atoms with Crippen LogP contribution in [0.25, 0.3) is 11.0 Å². The van der Waals surface area contributed by atoms with Gasteiger partial charge in [-0.25, -0.2) is 0 Å². The van der Waals surface area contributed by atoms with Gasteiger partial charge < -0.3 is 30.0 Å². The summed E-state index contributed by atoms with van der Waals surface area (Å²) in [6.07, 6.45) is 5.28. The van der Waals surface area contributed by atoms with Crippen molar-refractivity contribution < 1.29 is 14.3 Å². The number of rotatable bonds is 8. The summed E-state index contributed by atoms with van der Waals surface area (Å²) in [5.74, 6) is 2.24. The van der Waals surface area contributed by atoms with Crippen molar-refractivity contribution in [2.75, 3.05) is 37.9 Å². The molecule has 3 N–H and O–H groups in total. The molecule has 1 aliphatic rings. The number of hydrogen-bond acceptors (Lipinski definition) is 7. The number of likely N-dealkylation sites (tertiary alicyclic amines) is 1. The van der Waals surface area contributed by atoms with E-state index in [0.717, 1.165) is 42.8 Å². The van der Waals surface area contributed by atoms with Gasteiger partial charge in [-0.1, -0.05) is 12.6 Å². The maximum Gasteiger partial charge on any atom is 0.247 e. The number of aromatic nitrogens is 3. The minimum Gasteiger partial charge on any atom is -0.495 e. The van der Waals surface area contributed by atoms with Gasteiger partial charge in [0.2, 0.25) is 17.7 Å². The molecule has 196 valence electrons. The Morgan fingerprint density at radius 1 is 1.18 bits per heavy atom. The number of anilines is 3. The Balaban J connectivity index is 1.43. The van der Waals surface area contributed by atoms with Gasteiger partial charge in [-0.2, -0.15) is 9.97 Å². The Morgan fingerprint density at radius 2 is 2.00 bits per heavy atom. The van der Waals surface area contributed by atoms with Crippen LogP contribution in [0, 0.1) is 6.92 Å². The highest BCUT2D eigenvalue weighted by Crippen LogP contribution is 2.38. The molecule has 0 aliphatic carbocycles. The first-order valence-corrected chi connectivity index (χ1v) is 12.6. The zero-order chi connectivity index (χ0) is 26.6. The highest BCUT2D eigenvalue weighted by molar-refractivity contribution is 5.99. The van der Waals surface area contributed by atoms with Crippen LogP contribution in [0.5, 0.6) is 17.4 Å². The predicted molar refractivity (Wildman–Crippen MR) is 150 cm³/mol. The number of nitrogens with zero attached hydrogens (tertiary/aromatic N) is 3. The monoisotopic (exact) mass is 512 g/mol. The molecule has 0 atom stereocenters. The maximum absolute atomic E-state index is 11.7. The minimum absolute atomic E-state index is 0.297. The third-order valence-electron chi connectivity index (χ3n) is 6.88. The summed E-state index contributed by atoms with van der Waals surface area (Å²) >= 11 is 0. The zero-order valence-corrected chi connectivity index (χ0v) is 21.9. The molecule has 0 radical (unpaired) electrons. The number of ether oxygens (including phenoxy) is 2. The summed E-state index contributed by atoms with van der Waals surface area (Å²) < 4.78 is 11.9. The molecule has 2 aromatic heterocycles. The third kappa shape index (κ3) is 5.47. The van der Waals surface area contributed by atoms with Crippen molar-refractivity contribution in [1.82, 2.24) is 19.9 Å². The van der Waals surface area contributed by atoms with Gasteiger partial charge in [-0.15, -0.1) is 0 Å². The van der Waals surface area contributed by atoms with Crippen molar-refractivity contribution in [3.8, 4) is 17.4 Å². The first kappa shape index (κ1) is 25.3. The number of carbonyl (C=O) groups excluding carboxylic acids is 1. The Bertz CT molecular complexity index is 1470. The minimum atomic E-state index is -0.297. The summed E-state index contributed by atoms with van der Waals surface area (Å²) in [5, 5.41) is 6.80. The molecule has 0 unspecified atom stereocenters. The molecule has 0 spiro atoms. The van der Waals surface area contributed by atoms with Crippen molar-refractivity contribution >= 4 is 34.3 Å². The Kier molecular flexibility index (Phi) is 7.28.